The lowest BCUT2D eigenvalue weighted by Crippen LogP contribution is -2.54. The van der Waals surface area contributed by atoms with Crippen LogP contribution >= 0.6 is 0 Å². The van der Waals surface area contributed by atoms with Crippen molar-refractivity contribution in [3.63, 3.8) is 0 Å². The zero-order valence-corrected chi connectivity index (χ0v) is 13.0. The molecule has 0 aliphatic carbocycles. The van der Waals surface area contributed by atoms with Crippen LogP contribution < -0.4 is 4.74 Å². The average Bonchev–Trinajstić information content (AvgIpc) is 2.54. The van der Waals surface area contributed by atoms with Crippen molar-refractivity contribution >= 4 is 0 Å². The van der Waals surface area contributed by atoms with Crippen LogP contribution in [-0.4, -0.2) is 24.1 Å². The second-order valence-corrected chi connectivity index (χ2v) is 5.31. The Kier molecular flexibility index (Phi) is 5.12. The highest BCUT2D eigenvalue weighted by Gasteiger charge is 2.72. The Balaban J connectivity index is 2.71. The van der Waals surface area contributed by atoms with Gasteiger partial charge in [0, 0.05) is 0 Å². The molecule has 2 rings (SSSR count). The third-order valence-corrected chi connectivity index (χ3v) is 3.76. The number of terminal acetylenes is 1. The van der Waals surface area contributed by atoms with Crippen molar-refractivity contribution < 1.29 is 36.2 Å². The van der Waals surface area contributed by atoms with E-state index >= 15 is 0 Å². The van der Waals surface area contributed by atoms with Gasteiger partial charge in [0.25, 0.3) is 0 Å². The van der Waals surface area contributed by atoms with Crippen molar-refractivity contribution in [3.05, 3.63) is 59.7 Å². The second-order valence-electron chi connectivity index (χ2n) is 5.31. The minimum Gasteiger partial charge on any atom is -0.508 e. The molecule has 0 spiro atoms. The van der Waals surface area contributed by atoms with E-state index in [4.69, 9.17) is 11.2 Å². The van der Waals surface area contributed by atoms with E-state index in [9.17, 15) is 31.4 Å². The highest BCUT2D eigenvalue weighted by molar-refractivity contribution is 5.46. The third-order valence-electron chi connectivity index (χ3n) is 3.76. The molecule has 0 saturated heterocycles. The van der Waals surface area contributed by atoms with Gasteiger partial charge in [-0.2, -0.15) is 26.3 Å². The molecule has 26 heavy (non-hydrogen) atoms. The van der Waals surface area contributed by atoms with Crippen LogP contribution in [0, 0.1) is 12.3 Å². The molecule has 0 aliphatic heterocycles. The molecule has 1 N–H and O–H groups in total. The first kappa shape index (κ1) is 19.5. The van der Waals surface area contributed by atoms with Gasteiger partial charge in [0.15, 0.2) is 0 Å². The van der Waals surface area contributed by atoms with Gasteiger partial charge in [-0.25, -0.2) is 0 Å². The van der Waals surface area contributed by atoms with E-state index in [1.165, 1.54) is 0 Å². The van der Waals surface area contributed by atoms with Crippen LogP contribution in [0.15, 0.2) is 48.5 Å². The molecule has 0 heterocycles. The van der Waals surface area contributed by atoms with Crippen molar-refractivity contribution in [1.82, 2.24) is 0 Å². The predicted molar refractivity (Wildman–Crippen MR) is 81.8 cm³/mol. The van der Waals surface area contributed by atoms with Gasteiger partial charge in [-0.05, 0) is 35.4 Å². The third kappa shape index (κ3) is 3.29. The normalized spacial score (nSPS) is 12.5. The van der Waals surface area contributed by atoms with Crippen molar-refractivity contribution in [2.45, 2.75) is 17.8 Å². The summed E-state index contributed by atoms with van der Waals surface area (Å²) in [5.74, 6) is 1.72. The molecular formula is C18H12F6O2. The topological polar surface area (TPSA) is 29.5 Å². The maximum absolute atomic E-state index is 13.8. The molecule has 138 valence electrons. The smallest absolute Gasteiger partial charge is 0.411 e. The van der Waals surface area contributed by atoms with Crippen molar-refractivity contribution in [2.24, 2.45) is 0 Å². The molecule has 0 aromatic heterocycles. The zero-order chi connectivity index (χ0) is 19.6. The standard InChI is InChI=1S/C18H12F6O2/c1-2-11-26-15-9-5-13(6-10-15)16(17(19,20)21,18(22,23)24)12-3-7-14(25)8-4-12/h1,3-10,25H,11H2. The predicted octanol–water partition coefficient (Wildman–Crippen LogP) is 4.81. The number of rotatable bonds is 4. The van der Waals surface area contributed by atoms with Crippen molar-refractivity contribution in [1.29, 1.82) is 0 Å². The zero-order valence-electron chi connectivity index (χ0n) is 13.0. The number of aromatic hydroxyl groups is 1. The number of phenols is 1. The Hall–Kier alpha value is -2.82. The summed E-state index contributed by atoms with van der Waals surface area (Å²) in [7, 11) is 0. The maximum Gasteiger partial charge on any atom is 0.411 e. The maximum atomic E-state index is 13.8. The highest BCUT2D eigenvalue weighted by Crippen LogP contribution is 2.56. The van der Waals surface area contributed by atoms with Crippen molar-refractivity contribution in [2.75, 3.05) is 6.61 Å². The molecule has 2 aromatic carbocycles. The van der Waals surface area contributed by atoms with E-state index in [0.717, 1.165) is 24.3 Å². The number of alkyl halides is 6. The van der Waals surface area contributed by atoms with Crippen LogP contribution in [0.3, 0.4) is 0 Å². The Morgan fingerprint density at radius 2 is 1.23 bits per heavy atom. The fourth-order valence-corrected chi connectivity index (χ4v) is 2.62. The van der Waals surface area contributed by atoms with Gasteiger partial charge in [0.1, 0.15) is 18.1 Å². The van der Waals surface area contributed by atoms with E-state index in [2.05, 4.69) is 5.92 Å². The van der Waals surface area contributed by atoms with E-state index in [0.29, 0.717) is 24.3 Å². The quantitative estimate of drug-likeness (QED) is 0.615. The average molecular weight is 374 g/mol. The van der Waals surface area contributed by atoms with Crippen LogP contribution in [0.4, 0.5) is 26.3 Å². The van der Waals surface area contributed by atoms with E-state index in [-0.39, 0.29) is 12.4 Å². The van der Waals surface area contributed by atoms with E-state index < -0.39 is 34.6 Å². The van der Waals surface area contributed by atoms with Crippen LogP contribution in [0.2, 0.25) is 0 Å². The van der Waals surface area contributed by atoms with Gasteiger partial charge in [-0.1, -0.05) is 30.2 Å². The molecule has 0 unspecified atom stereocenters. The molecule has 2 nitrogen and oxygen atoms in total. The summed E-state index contributed by atoms with van der Waals surface area (Å²) in [5, 5.41) is 9.22. The first-order chi connectivity index (χ1) is 12.0. The lowest BCUT2D eigenvalue weighted by Gasteiger charge is -2.38. The van der Waals surface area contributed by atoms with Crippen LogP contribution in [0.1, 0.15) is 11.1 Å². The molecule has 0 amide bonds. The fraction of sp³-hybridized carbons (Fsp3) is 0.222. The molecule has 2 aromatic rings. The molecular weight excluding hydrogens is 362 g/mol. The van der Waals surface area contributed by atoms with Gasteiger partial charge in [0.05, 0.1) is 0 Å². The highest BCUT2D eigenvalue weighted by atomic mass is 19.4. The number of phenolic OH excluding ortho intramolecular Hbond substituents is 1. The second kappa shape index (κ2) is 6.83. The Morgan fingerprint density at radius 3 is 1.62 bits per heavy atom. The van der Waals surface area contributed by atoms with Gasteiger partial charge < -0.3 is 9.84 Å². The summed E-state index contributed by atoms with van der Waals surface area (Å²) in [6, 6.07) is 6.09. The SMILES string of the molecule is C#CCOc1ccc(C(c2ccc(O)cc2)(C(F)(F)F)C(F)(F)F)cc1. The lowest BCUT2D eigenvalue weighted by molar-refractivity contribution is -0.288. The summed E-state index contributed by atoms with van der Waals surface area (Å²) in [5.41, 5.74) is -6.36. The molecule has 8 heteroatoms. The molecule has 0 aliphatic rings. The monoisotopic (exact) mass is 374 g/mol. The summed E-state index contributed by atoms with van der Waals surface area (Å²) >= 11 is 0. The molecule has 0 fully saturated rings. The molecule has 0 saturated carbocycles. The summed E-state index contributed by atoms with van der Waals surface area (Å²) in [6.45, 7) is -0.180. The van der Waals surface area contributed by atoms with Gasteiger partial charge in [0.2, 0.25) is 5.41 Å². The first-order valence-corrected chi connectivity index (χ1v) is 7.14. The number of halogens is 6. The summed E-state index contributed by atoms with van der Waals surface area (Å²) < 4.78 is 87.8. The number of hydrogen-bond donors (Lipinski definition) is 1. The minimum absolute atomic E-state index is 0.0376. The van der Waals surface area contributed by atoms with E-state index in [1.54, 1.807) is 0 Å². The number of hydrogen-bond acceptors (Lipinski definition) is 2. The van der Waals surface area contributed by atoms with Crippen molar-refractivity contribution in [3.8, 4) is 23.8 Å². The van der Waals surface area contributed by atoms with Crippen LogP contribution in [-0.2, 0) is 5.41 Å². The Morgan fingerprint density at radius 1 is 0.808 bits per heavy atom. The lowest BCUT2D eigenvalue weighted by atomic mass is 9.73. The molecule has 0 atom stereocenters. The number of benzene rings is 2. The van der Waals surface area contributed by atoms with Gasteiger partial charge >= 0.3 is 12.4 Å². The number of ether oxygens (including phenoxy) is 1. The van der Waals surface area contributed by atoms with Crippen LogP contribution in [0.5, 0.6) is 11.5 Å². The fourth-order valence-electron chi connectivity index (χ4n) is 2.62. The largest absolute Gasteiger partial charge is 0.508 e. The summed E-state index contributed by atoms with van der Waals surface area (Å²) in [6.07, 6.45) is -6.40. The summed E-state index contributed by atoms with van der Waals surface area (Å²) in [4.78, 5) is 0. The van der Waals surface area contributed by atoms with Gasteiger partial charge in [-0.3, -0.25) is 0 Å². The Bertz CT molecular complexity index is 769. The first-order valence-electron chi connectivity index (χ1n) is 7.14. The van der Waals surface area contributed by atoms with Crippen LogP contribution in [0.25, 0.3) is 0 Å². The van der Waals surface area contributed by atoms with E-state index in [1.807, 2.05) is 0 Å². The Labute approximate surface area is 145 Å². The van der Waals surface area contributed by atoms with Gasteiger partial charge in [-0.15, -0.1) is 6.42 Å². The molecule has 0 radical (unpaired) electrons. The molecule has 0 bridgehead atoms. The minimum atomic E-state index is -5.69.